The van der Waals surface area contributed by atoms with Gasteiger partial charge in [0.15, 0.2) is 0 Å². The van der Waals surface area contributed by atoms with Gasteiger partial charge in [-0.1, -0.05) is 13.8 Å². The van der Waals surface area contributed by atoms with E-state index in [0.717, 1.165) is 6.20 Å². The minimum Gasteiger partial charge on any atom is -0.388 e. The summed E-state index contributed by atoms with van der Waals surface area (Å²) < 4.78 is 13.3. The van der Waals surface area contributed by atoms with Gasteiger partial charge in [0.05, 0.1) is 12.3 Å². The van der Waals surface area contributed by atoms with Crippen LogP contribution in [0.15, 0.2) is 16.9 Å². The maximum absolute atomic E-state index is 12.8. The smallest absolute Gasteiger partial charge is 0.141 e. The summed E-state index contributed by atoms with van der Waals surface area (Å²) >= 11 is 3.16. The molecule has 2 nitrogen and oxygen atoms in total. The van der Waals surface area contributed by atoms with Crippen molar-refractivity contribution in [2.24, 2.45) is 5.92 Å². The van der Waals surface area contributed by atoms with Crippen LogP contribution in [0.4, 0.5) is 4.39 Å². The second-order valence-corrected chi connectivity index (χ2v) is 3.97. The van der Waals surface area contributed by atoms with Crippen LogP contribution in [0.2, 0.25) is 0 Å². The minimum absolute atomic E-state index is 0.0416. The van der Waals surface area contributed by atoms with Gasteiger partial charge in [0.2, 0.25) is 0 Å². The first kappa shape index (κ1) is 10.6. The summed E-state index contributed by atoms with van der Waals surface area (Å²) in [5.41, 5.74) is 0.495. The number of hydrogen-bond acceptors (Lipinski definition) is 2. The standard InChI is InChI=1S/C9H11BrFNO/c1-5(2)8(13)7-3-6(11)4-12-9(7)10/h3-5,8,13H,1-2H3. The molecule has 0 spiro atoms. The number of pyridine rings is 1. The van der Waals surface area contributed by atoms with Gasteiger partial charge in [0, 0.05) is 5.56 Å². The predicted octanol–water partition coefficient (Wildman–Crippen LogP) is 2.67. The highest BCUT2D eigenvalue weighted by molar-refractivity contribution is 9.10. The van der Waals surface area contributed by atoms with E-state index in [9.17, 15) is 9.50 Å². The van der Waals surface area contributed by atoms with Crippen LogP contribution in [0.25, 0.3) is 0 Å². The van der Waals surface area contributed by atoms with Crippen molar-refractivity contribution in [1.29, 1.82) is 0 Å². The summed E-state index contributed by atoms with van der Waals surface area (Å²) in [5, 5.41) is 9.67. The van der Waals surface area contributed by atoms with E-state index in [1.807, 2.05) is 13.8 Å². The molecule has 1 heterocycles. The van der Waals surface area contributed by atoms with Gasteiger partial charge in [0.1, 0.15) is 10.4 Å². The first-order chi connectivity index (χ1) is 6.02. The lowest BCUT2D eigenvalue weighted by Crippen LogP contribution is -2.07. The number of aliphatic hydroxyl groups is 1. The minimum atomic E-state index is -0.683. The van der Waals surface area contributed by atoms with Crippen molar-refractivity contribution < 1.29 is 9.50 Å². The van der Waals surface area contributed by atoms with E-state index in [2.05, 4.69) is 20.9 Å². The van der Waals surface area contributed by atoms with Crippen LogP contribution in [0.1, 0.15) is 25.5 Å². The predicted molar refractivity (Wildman–Crippen MR) is 51.7 cm³/mol. The Morgan fingerprint density at radius 3 is 2.69 bits per heavy atom. The molecule has 0 radical (unpaired) electrons. The molecule has 0 saturated carbocycles. The summed E-state index contributed by atoms with van der Waals surface area (Å²) in [6, 6.07) is 1.29. The number of halogens is 2. The SMILES string of the molecule is CC(C)C(O)c1cc(F)cnc1Br. The third-order valence-electron chi connectivity index (χ3n) is 1.78. The van der Waals surface area contributed by atoms with Crippen molar-refractivity contribution in [3.8, 4) is 0 Å². The summed E-state index contributed by atoms with van der Waals surface area (Å²) in [5.74, 6) is -0.391. The molecular weight excluding hydrogens is 237 g/mol. The van der Waals surface area contributed by atoms with E-state index in [1.165, 1.54) is 6.07 Å². The molecule has 0 aliphatic rings. The van der Waals surface area contributed by atoms with Crippen LogP contribution in [0.5, 0.6) is 0 Å². The molecule has 1 unspecified atom stereocenters. The van der Waals surface area contributed by atoms with Gasteiger partial charge in [-0.3, -0.25) is 0 Å². The fraction of sp³-hybridized carbons (Fsp3) is 0.444. The summed E-state index contributed by atoms with van der Waals surface area (Å²) in [4.78, 5) is 3.76. The molecular formula is C9H11BrFNO. The third kappa shape index (κ3) is 2.48. The van der Waals surface area contributed by atoms with Crippen LogP contribution in [-0.4, -0.2) is 10.1 Å². The number of hydrogen-bond donors (Lipinski definition) is 1. The molecule has 0 aliphatic heterocycles. The van der Waals surface area contributed by atoms with Gasteiger partial charge in [-0.15, -0.1) is 0 Å². The van der Waals surface area contributed by atoms with E-state index < -0.39 is 11.9 Å². The van der Waals surface area contributed by atoms with E-state index in [1.54, 1.807) is 0 Å². The Kier molecular flexibility index (Phi) is 3.39. The molecule has 1 aromatic heterocycles. The van der Waals surface area contributed by atoms with Gasteiger partial charge < -0.3 is 5.11 Å². The molecule has 1 aromatic rings. The van der Waals surface area contributed by atoms with Crippen LogP contribution in [0, 0.1) is 11.7 Å². The Balaban J connectivity index is 3.05. The molecule has 4 heteroatoms. The largest absolute Gasteiger partial charge is 0.388 e. The highest BCUT2D eigenvalue weighted by atomic mass is 79.9. The van der Waals surface area contributed by atoms with E-state index in [-0.39, 0.29) is 5.92 Å². The average Bonchev–Trinajstić information content (AvgIpc) is 2.08. The monoisotopic (exact) mass is 247 g/mol. The highest BCUT2D eigenvalue weighted by Gasteiger charge is 2.16. The zero-order valence-corrected chi connectivity index (χ0v) is 9.05. The molecule has 72 valence electrons. The zero-order valence-electron chi connectivity index (χ0n) is 7.46. The van der Waals surface area contributed by atoms with Gasteiger partial charge in [-0.2, -0.15) is 0 Å². The molecule has 1 rings (SSSR count). The normalized spacial score (nSPS) is 13.4. The number of rotatable bonds is 2. The molecule has 1 atom stereocenters. The van der Waals surface area contributed by atoms with Crippen LogP contribution in [0.3, 0.4) is 0 Å². The highest BCUT2D eigenvalue weighted by Crippen LogP contribution is 2.27. The third-order valence-corrected chi connectivity index (χ3v) is 2.45. The summed E-state index contributed by atoms with van der Waals surface area (Å²) in [6.07, 6.45) is 0.429. The lowest BCUT2D eigenvalue weighted by molar-refractivity contribution is 0.125. The van der Waals surface area contributed by atoms with E-state index >= 15 is 0 Å². The van der Waals surface area contributed by atoms with E-state index in [4.69, 9.17) is 0 Å². The fourth-order valence-electron chi connectivity index (χ4n) is 1.00. The quantitative estimate of drug-likeness (QED) is 0.816. The van der Waals surface area contributed by atoms with Gasteiger partial charge in [-0.25, -0.2) is 9.37 Å². The van der Waals surface area contributed by atoms with Crippen LogP contribution >= 0.6 is 15.9 Å². The molecule has 0 aromatic carbocycles. The lowest BCUT2D eigenvalue weighted by atomic mass is 10.0. The zero-order chi connectivity index (χ0) is 10.0. The Hall–Kier alpha value is -0.480. The molecule has 1 N–H and O–H groups in total. The van der Waals surface area contributed by atoms with Crippen molar-refractivity contribution in [3.63, 3.8) is 0 Å². The van der Waals surface area contributed by atoms with Crippen molar-refractivity contribution in [3.05, 3.63) is 28.2 Å². The summed E-state index contributed by atoms with van der Waals surface area (Å²) in [6.45, 7) is 3.73. The van der Waals surface area contributed by atoms with Crippen LogP contribution in [-0.2, 0) is 0 Å². The van der Waals surface area contributed by atoms with Gasteiger partial charge in [0.25, 0.3) is 0 Å². The van der Waals surface area contributed by atoms with Gasteiger partial charge >= 0.3 is 0 Å². The molecule has 0 saturated heterocycles. The lowest BCUT2D eigenvalue weighted by Gasteiger charge is -2.15. The number of aliphatic hydroxyl groups excluding tert-OH is 1. The topological polar surface area (TPSA) is 33.1 Å². The number of aromatic nitrogens is 1. The Morgan fingerprint density at radius 1 is 1.54 bits per heavy atom. The molecule has 0 aliphatic carbocycles. The first-order valence-electron chi connectivity index (χ1n) is 4.01. The number of nitrogens with zero attached hydrogens (tertiary/aromatic N) is 1. The van der Waals surface area contributed by atoms with Crippen molar-refractivity contribution in [2.45, 2.75) is 20.0 Å². The molecule has 0 amide bonds. The molecule has 0 bridgehead atoms. The van der Waals surface area contributed by atoms with Crippen LogP contribution < -0.4 is 0 Å². The molecule has 0 fully saturated rings. The Labute approximate surface area is 84.9 Å². The second kappa shape index (κ2) is 4.15. The first-order valence-corrected chi connectivity index (χ1v) is 4.80. The Bertz CT molecular complexity index is 304. The second-order valence-electron chi connectivity index (χ2n) is 3.22. The van der Waals surface area contributed by atoms with Crippen molar-refractivity contribution >= 4 is 15.9 Å². The maximum Gasteiger partial charge on any atom is 0.141 e. The van der Waals surface area contributed by atoms with Crippen molar-refractivity contribution in [1.82, 2.24) is 4.98 Å². The fourth-order valence-corrected chi connectivity index (χ4v) is 1.46. The molecule has 13 heavy (non-hydrogen) atoms. The Morgan fingerprint density at radius 2 is 2.15 bits per heavy atom. The average molecular weight is 248 g/mol. The van der Waals surface area contributed by atoms with Gasteiger partial charge in [-0.05, 0) is 27.9 Å². The van der Waals surface area contributed by atoms with Crippen molar-refractivity contribution in [2.75, 3.05) is 0 Å². The summed E-state index contributed by atoms with van der Waals surface area (Å²) in [7, 11) is 0. The maximum atomic E-state index is 12.8. The van der Waals surface area contributed by atoms with E-state index in [0.29, 0.717) is 10.2 Å².